The van der Waals surface area contributed by atoms with Gasteiger partial charge < -0.3 is 19.7 Å². The maximum atomic E-state index is 12.6. The molecule has 0 bridgehead atoms. The molecule has 1 fully saturated rings. The fourth-order valence-electron chi connectivity index (χ4n) is 2.95. The molecule has 1 aliphatic heterocycles. The van der Waals surface area contributed by atoms with Gasteiger partial charge in [0.05, 0.1) is 26.2 Å². The fraction of sp³-hybridized carbons (Fsp3) is 0.611. The Morgan fingerprint density at radius 3 is 2.84 bits per heavy atom. The zero-order chi connectivity index (χ0) is 18.1. The minimum atomic E-state index is -0.794. The average molecular weight is 349 g/mol. The molecule has 2 heterocycles. The number of aryl methyl sites for hydroxylation is 1. The molecule has 0 radical (unpaired) electrons. The first-order valence-corrected chi connectivity index (χ1v) is 8.59. The molecule has 2 amide bonds. The number of amides is 2. The minimum Gasteiger partial charge on any atom is -0.377 e. The lowest BCUT2D eigenvalue weighted by Gasteiger charge is -2.33. The van der Waals surface area contributed by atoms with E-state index in [1.165, 1.54) is 5.56 Å². The number of carbonyl (C=O) groups excluding carboxylic acids is 2. The molecule has 1 aromatic heterocycles. The lowest BCUT2D eigenvalue weighted by Crippen LogP contribution is -2.50. The van der Waals surface area contributed by atoms with Crippen LogP contribution < -0.4 is 5.32 Å². The van der Waals surface area contributed by atoms with Crippen LogP contribution in [-0.2, 0) is 25.5 Å². The van der Waals surface area contributed by atoms with E-state index in [0.29, 0.717) is 32.7 Å². The van der Waals surface area contributed by atoms with Crippen molar-refractivity contribution in [3.63, 3.8) is 0 Å². The summed E-state index contributed by atoms with van der Waals surface area (Å²) in [6, 6.07) is 3.92. The van der Waals surface area contributed by atoms with Crippen molar-refractivity contribution in [2.45, 2.75) is 31.3 Å². The molecule has 0 unspecified atom stereocenters. The van der Waals surface area contributed by atoms with Gasteiger partial charge in [0.2, 0.25) is 11.8 Å². The summed E-state index contributed by atoms with van der Waals surface area (Å²) >= 11 is 0. The number of rotatable bonds is 7. The molecule has 1 aliphatic rings. The Morgan fingerprint density at radius 2 is 2.16 bits per heavy atom. The van der Waals surface area contributed by atoms with Crippen molar-refractivity contribution in [3.05, 3.63) is 30.1 Å². The molecule has 2 rings (SSSR count). The highest BCUT2D eigenvalue weighted by Gasteiger charge is 2.38. The topological polar surface area (TPSA) is 80.8 Å². The number of pyridine rings is 1. The largest absolute Gasteiger partial charge is 0.377 e. The highest BCUT2D eigenvalue weighted by molar-refractivity contribution is 5.78. The summed E-state index contributed by atoms with van der Waals surface area (Å²) in [6.07, 6.45) is 5.76. The van der Waals surface area contributed by atoms with E-state index in [1.54, 1.807) is 31.5 Å². The van der Waals surface area contributed by atoms with Crippen molar-refractivity contribution < 1.29 is 19.1 Å². The van der Waals surface area contributed by atoms with Gasteiger partial charge in [-0.25, -0.2) is 0 Å². The summed E-state index contributed by atoms with van der Waals surface area (Å²) in [5.74, 6) is -0.0599. The van der Waals surface area contributed by atoms with Crippen LogP contribution in [0.2, 0.25) is 0 Å². The average Bonchev–Trinajstić information content (AvgIpc) is 2.85. The maximum Gasteiger partial charge on any atom is 0.222 e. The van der Waals surface area contributed by atoms with E-state index < -0.39 is 5.60 Å². The summed E-state index contributed by atoms with van der Waals surface area (Å²) in [7, 11) is 3.15. The van der Waals surface area contributed by atoms with Crippen molar-refractivity contribution in [3.8, 4) is 0 Å². The second kappa shape index (κ2) is 9.48. The third kappa shape index (κ3) is 5.79. The third-order valence-electron chi connectivity index (χ3n) is 4.50. The predicted molar refractivity (Wildman–Crippen MR) is 93.0 cm³/mol. The third-order valence-corrected chi connectivity index (χ3v) is 4.50. The second-order valence-corrected chi connectivity index (χ2v) is 6.31. The van der Waals surface area contributed by atoms with Crippen molar-refractivity contribution in [2.75, 3.05) is 40.5 Å². The Balaban J connectivity index is 1.91. The highest BCUT2D eigenvalue weighted by Crippen LogP contribution is 2.21. The zero-order valence-electron chi connectivity index (χ0n) is 15.0. The number of nitrogens with zero attached hydrogens (tertiary/aromatic N) is 2. The van der Waals surface area contributed by atoms with Gasteiger partial charge in [-0.1, -0.05) is 0 Å². The number of hydrogen-bond donors (Lipinski definition) is 1. The van der Waals surface area contributed by atoms with Crippen LogP contribution >= 0.6 is 0 Å². The van der Waals surface area contributed by atoms with Crippen LogP contribution in [0.15, 0.2) is 24.5 Å². The summed E-state index contributed by atoms with van der Waals surface area (Å²) in [4.78, 5) is 30.2. The number of methoxy groups -OCH3 is 1. The molecule has 138 valence electrons. The first-order valence-electron chi connectivity index (χ1n) is 8.59. The SMILES string of the molecule is CNC(=O)C[C@]1(OC)COCCN(C(=O)CCCc2ccncc2)C1. The van der Waals surface area contributed by atoms with Crippen molar-refractivity contribution in [1.82, 2.24) is 15.2 Å². The lowest BCUT2D eigenvalue weighted by atomic mass is 9.98. The molecule has 25 heavy (non-hydrogen) atoms. The predicted octanol–water partition coefficient (Wildman–Crippen LogP) is 0.784. The Bertz CT molecular complexity index is 567. The summed E-state index contributed by atoms with van der Waals surface area (Å²) in [5.41, 5.74) is 0.380. The molecule has 1 saturated heterocycles. The Kier molecular flexibility index (Phi) is 7.33. The molecule has 1 N–H and O–H groups in total. The molecule has 7 nitrogen and oxygen atoms in total. The molecular formula is C18H27N3O4. The monoisotopic (exact) mass is 349 g/mol. The van der Waals surface area contributed by atoms with Gasteiger partial charge in [-0.3, -0.25) is 14.6 Å². The van der Waals surface area contributed by atoms with E-state index in [2.05, 4.69) is 10.3 Å². The van der Waals surface area contributed by atoms with Gasteiger partial charge in [0, 0.05) is 39.5 Å². The van der Waals surface area contributed by atoms with Gasteiger partial charge in [-0.05, 0) is 30.5 Å². The smallest absolute Gasteiger partial charge is 0.222 e. The van der Waals surface area contributed by atoms with Crippen molar-refractivity contribution in [1.29, 1.82) is 0 Å². The Morgan fingerprint density at radius 1 is 1.40 bits per heavy atom. The molecular weight excluding hydrogens is 322 g/mol. The quantitative estimate of drug-likeness (QED) is 0.787. The van der Waals surface area contributed by atoms with Gasteiger partial charge in [0.25, 0.3) is 0 Å². The van der Waals surface area contributed by atoms with Gasteiger partial charge in [0.15, 0.2) is 0 Å². The standard InChI is InChI=1S/C18H27N3O4/c1-19-16(22)12-18(24-2)13-21(10-11-25-14-18)17(23)5-3-4-15-6-8-20-9-7-15/h6-9H,3-5,10-14H2,1-2H3,(H,19,22)/t18-/m1/s1. The van der Waals surface area contributed by atoms with Crippen LogP contribution in [0, 0.1) is 0 Å². The van der Waals surface area contributed by atoms with Gasteiger partial charge in [0.1, 0.15) is 5.60 Å². The molecule has 0 aromatic carbocycles. The first-order chi connectivity index (χ1) is 12.1. The van der Waals surface area contributed by atoms with Crippen molar-refractivity contribution in [2.24, 2.45) is 0 Å². The van der Waals surface area contributed by atoms with Crippen LogP contribution in [0.1, 0.15) is 24.8 Å². The van der Waals surface area contributed by atoms with Crippen LogP contribution in [0.5, 0.6) is 0 Å². The van der Waals surface area contributed by atoms with E-state index >= 15 is 0 Å². The second-order valence-electron chi connectivity index (χ2n) is 6.31. The van der Waals surface area contributed by atoms with Crippen LogP contribution in [0.4, 0.5) is 0 Å². The van der Waals surface area contributed by atoms with Crippen LogP contribution in [0.25, 0.3) is 0 Å². The lowest BCUT2D eigenvalue weighted by molar-refractivity contribution is -0.140. The summed E-state index contributed by atoms with van der Waals surface area (Å²) < 4.78 is 11.2. The van der Waals surface area contributed by atoms with E-state index in [9.17, 15) is 9.59 Å². The van der Waals surface area contributed by atoms with E-state index in [1.807, 2.05) is 12.1 Å². The van der Waals surface area contributed by atoms with Gasteiger partial charge in [-0.2, -0.15) is 0 Å². The number of hydrogen-bond acceptors (Lipinski definition) is 5. The number of nitrogens with one attached hydrogen (secondary N) is 1. The molecule has 1 aromatic rings. The molecule has 7 heteroatoms. The first kappa shape index (κ1) is 19.3. The summed E-state index contributed by atoms with van der Waals surface area (Å²) in [5, 5.41) is 2.61. The normalized spacial score (nSPS) is 20.8. The summed E-state index contributed by atoms with van der Waals surface area (Å²) in [6.45, 7) is 1.64. The molecule has 0 spiro atoms. The van der Waals surface area contributed by atoms with Crippen molar-refractivity contribution >= 4 is 11.8 Å². The number of aromatic nitrogens is 1. The highest BCUT2D eigenvalue weighted by atomic mass is 16.5. The van der Waals surface area contributed by atoms with E-state index in [0.717, 1.165) is 12.8 Å². The molecule has 0 saturated carbocycles. The number of carbonyl (C=O) groups is 2. The fourth-order valence-corrected chi connectivity index (χ4v) is 2.95. The van der Waals surface area contributed by atoms with E-state index in [4.69, 9.17) is 9.47 Å². The Labute approximate surface area is 148 Å². The van der Waals surface area contributed by atoms with E-state index in [-0.39, 0.29) is 18.2 Å². The maximum absolute atomic E-state index is 12.6. The Hall–Kier alpha value is -1.99. The zero-order valence-corrected chi connectivity index (χ0v) is 15.0. The van der Waals surface area contributed by atoms with Gasteiger partial charge in [-0.15, -0.1) is 0 Å². The van der Waals surface area contributed by atoms with Crippen LogP contribution in [0.3, 0.4) is 0 Å². The number of ether oxygens (including phenoxy) is 2. The molecule has 1 atom stereocenters. The van der Waals surface area contributed by atoms with Crippen LogP contribution in [-0.4, -0.2) is 67.8 Å². The van der Waals surface area contributed by atoms with Gasteiger partial charge >= 0.3 is 0 Å². The molecule has 0 aliphatic carbocycles. The minimum absolute atomic E-state index is 0.0675.